The van der Waals surface area contributed by atoms with Crippen molar-refractivity contribution in [2.24, 2.45) is 0 Å². The van der Waals surface area contributed by atoms with Crippen LogP contribution in [0.3, 0.4) is 0 Å². The van der Waals surface area contributed by atoms with E-state index in [4.69, 9.17) is 4.74 Å². The molecular formula is C52H99NO5. The molecule has 0 aromatic carbocycles. The highest BCUT2D eigenvalue weighted by Gasteiger charge is 2.24. The first-order valence-electron chi connectivity index (χ1n) is 25.6. The molecule has 0 aliphatic heterocycles. The summed E-state index contributed by atoms with van der Waals surface area (Å²) in [6, 6.07) is -0.695. The van der Waals surface area contributed by atoms with Gasteiger partial charge in [0.25, 0.3) is 0 Å². The molecule has 0 saturated heterocycles. The summed E-state index contributed by atoms with van der Waals surface area (Å²) < 4.78 is 5.92. The Bertz CT molecular complexity index is 919. The molecule has 0 heterocycles. The number of carbonyl (C=O) groups excluding carboxylic acids is 2. The summed E-state index contributed by atoms with van der Waals surface area (Å²) in [5.41, 5.74) is 0. The van der Waals surface area contributed by atoms with Crippen LogP contribution in [0.15, 0.2) is 24.3 Å². The Kier molecular flexibility index (Phi) is 45.1. The van der Waals surface area contributed by atoms with Gasteiger partial charge in [-0.3, -0.25) is 9.59 Å². The lowest BCUT2D eigenvalue weighted by Gasteiger charge is -2.24. The summed E-state index contributed by atoms with van der Waals surface area (Å²) in [7, 11) is 0. The normalized spacial score (nSPS) is 13.4. The van der Waals surface area contributed by atoms with Gasteiger partial charge >= 0.3 is 5.97 Å². The van der Waals surface area contributed by atoms with Crippen LogP contribution in [0.5, 0.6) is 0 Å². The minimum Gasteiger partial charge on any atom is -0.462 e. The number of unbranched alkanes of at least 4 members (excludes halogenated alkanes) is 30. The number of nitrogens with one attached hydrogen (secondary N) is 1. The van der Waals surface area contributed by atoms with Crippen molar-refractivity contribution in [3.63, 3.8) is 0 Å². The van der Waals surface area contributed by atoms with Crippen LogP contribution in [0.25, 0.3) is 0 Å². The monoisotopic (exact) mass is 818 g/mol. The number of aliphatic hydroxyl groups is 2. The fourth-order valence-corrected chi connectivity index (χ4v) is 7.87. The zero-order valence-corrected chi connectivity index (χ0v) is 38.9. The van der Waals surface area contributed by atoms with E-state index in [0.29, 0.717) is 19.3 Å². The lowest BCUT2D eigenvalue weighted by molar-refractivity contribution is -0.151. The van der Waals surface area contributed by atoms with Crippen molar-refractivity contribution in [1.82, 2.24) is 5.32 Å². The van der Waals surface area contributed by atoms with Crippen LogP contribution in [0.4, 0.5) is 0 Å². The van der Waals surface area contributed by atoms with Gasteiger partial charge in [-0.25, -0.2) is 0 Å². The third-order valence-corrected chi connectivity index (χ3v) is 11.8. The molecule has 3 atom stereocenters. The second-order valence-electron chi connectivity index (χ2n) is 17.6. The van der Waals surface area contributed by atoms with Crippen LogP contribution in [0.2, 0.25) is 0 Å². The third-order valence-electron chi connectivity index (χ3n) is 11.8. The Balaban J connectivity index is 4.41. The van der Waals surface area contributed by atoms with Crippen molar-refractivity contribution in [3.8, 4) is 0 Å². The molecule has 58 heavy (non-hydrogen) atoms. The van der Waals surface area contributed by atoms with Crippen molar-refractivity contribution in [2.45, 2.75) is 289 Å². The molecule has 3 unspecified atom stereocenters. The van der Waals surface area contributed by atoms with Crippen molar-refractivity contribution in [1.29, 1.82) is 0 Å². The highest BCUT2D eigenvalue weighted by Crippen LogP contribution is 2.18. The summed E-state index contributed by atoms with van der Waals surface area (Å²) in [6.07, 6.45) is 52.4. The molecule has 0 aromatic heterocycles. The molecule has 3 N–H and O–H groups in total. The van der Waals surface area contributed by atoms with Gasteiger partial charge in [-0.15, -0.1) is 0 Å². The first-order valence-corrected chi connectivity index (χ1v) is 25.6. The van der Waals surface area contributed by atoms with Gasteiger partial charge in [-0.05, 0) is 57.8 Å². The van der Waals surface area contributed by atoms with E-state index >= 15 is 0 Å². The number of rotatable bonds is 46. The average molecular weight is 818 g/mol. The highest BCUT2D eigenvalue weighted by atomic mass is 16.5. The van der Waals surface area contributed by atoms with Gasteiger partial charge in [0.15, 0.2) is 0 Å². The Labute approximate surface area is 361 Å². The van der Waals surface area contributed by atoms with E-state index in [2.05, 4.69) is 50.4 Å². The van der Waals surface area contributed by atoms with Crippen LogP contribution >= 0.6 is 0 Å². The van der Waals surface area contributed by atoms with Gasteiger partial charge in [0.05, 0.1) is 25.2 Å². The zero-order valence-electron chi connectivity index (χ0n) is 38.9. The predicted molar refractivity (Wildman–Crippen MR) is 250 cm³/mol. The van der Waals surface area contributed by atoms with E-state index in [1.807, 2.05) is 0 Å². The van der Waals surface area contributed by atoms with Gasteiger partial charge in [0, 0.05) is 6.42 Å². The SMILES string of the molecule is CCCCC/C=C\C/C=C\CCCCCCCCCCCC(=O)OC(CCCCCCCCCCC)CC(=O)NC(CO)C(O)CCCCCCCCCCCCC. The van der Waals surface area contributed by atoms with E-state index in [1.165, 1.54) is 173 Å². The Hall–Kier alpha value is -1.66. The number of allylic oxidation sites excluding steroid dienone is 4. The van der Waals surface area contributed by atoms with Crippen LogP contribution in [-0.4, -0.2) is 46.9 Å². The number of esters is 1. The van der Waals surface area contributed by atoms with Gasteiger partial charge in [0.2, 0.25) is 5.91 Å². The lowest BCUT2D eigenvalue weighted by atomic mass is 10.0. The zero-order chi connectivity index (χ0) is 42.4. The molecule has 0 aromatic rings. The number of ether oxygens (including phenoxy) is 1. The largest absolute Gasteiger partial charge is 0.462 e. The van der Waals surface area contributed by atoms with Gasteiger partial charge in [0.1, 0.15) is 6.10 Å². The van der Waals surface area contributed by atoms with E-state index < -0.39 is 18.2 Å². The van der Waals surface area contributed by atoms with Gasteiger partial charge < -0.3 is 20.3 Å². The Morgan fingerprint density at radius 1 is 0.500 bits per heavy atom. The minimum absolute atomic E-state index is 0.0806. The van der Waals surface area contributed by atoms with E-state index in [-0.39, 0.29) is 24.9 Å². The number of carbonyl (C=O) groups is 2. The van der Waals surface area contributed by atoms with Crippen molar-refractivity contribution >= 4 is 11.9 Å². The molecule has 0 spiro atoms. The maximum absolute atomic E-state index is 13.1. The molecule has 0 saturated carbocycles. The fourth-order valence-electron chi connectivity index (χ4n) is 7.87. The summed E-state index contributed by atoms with van der Waals surface area (Å²) in [5, 5.41) is 23.7. The Morgan fingerprint density at radius 3 is 1.34 bits per heavy atom. The van der Waals surface area contributed by atoms with Crippen molar-refractivity contribution < 1.29 is 24.5 Å². The summed E-state index contributed by atoms with van der Waals surface area (Å²) in [4.78, 5) is 26.0. The second-order valence-corrected chi connectivity index (χ2v) is 17.6. The summed E-state index contributed by atoms with van der Waals surface area (Å²) in [6.45, 7) is 6.45. The molecule has 342 valence electrons. The van der Waals surface area contributed by atoms with Crippen LogP contribution in [-0.2, 0) is 14.3 Å². The standard InChI is InChI=1S/C52H99NO5/c1-4-7-10-13-16-19-21-22-23-24-25-26-27-28-30-33-36-39-42-45-52(57)58-48(43-40-37-34-31-18-15-12-9-6-3)46-51(56)53-49(47-54)50(55)44-41-38-35-32-29-20-17-14-11-8-5-2/h16,19,22-23,48-50,54-55H,4-15,17-18,20-21,24-47H2,1-3H3,(H,53,56)/b19-16-,23-22-. The molecule has 0 aliphatic carbocycles. The molecule has 0 radical (unpaired) electrons. The maximum Gasteiger partial charge on any atom is 0.306 e. The smallest absolute Gasteiger partial charge is 0.306 e. The van der Waals surface area contributed by atoms with Crippen LogP contribution in [0.1, 0.15) is 271 Å². The topological polar surface area (TPSA) is 95.9 Å². The van der Waals surface area contributed by atoms with Crippen LogP contribution in [0, 0.1) is 0 Å². The Morgan fingerprint density at radius 2 is 0.879 bits per heavy atom. The number of amides is 1. The highest BCUT2D eigenvalue weighted by molar-refractivity contribution is 5.77. The van der Waals surface area contributed by atoms with E-state index in [9.17, 15) is 19.8 Å². The summed E-state index contributed by atoms with van der Waals surface area (Å²) in [5.74, 6) is -0.468. The van der Waals surface area contributed by atoms with E-state index in [0.717, 1.165) is 51.4 Å². The average Bonchev–Trinajstić information content (AvgIpc) is 3.22. The fraction of sp³-hybridized carbons (Fsp3) is 0.885. The molecule has 6 heteroatoms. The molecule has 6 nitrogen and oxygen atoms in total. The van der Waals surface area contributed by atoms with Gasteiger partial charge in [-0.1, -0.05) is 225 Å². The quantitative estimate of drug-likeness (QED) is 0.0323. The first kappa shape index (κ1) is 56.3. The first-order chi connectivity index (χ1) is 28.5. The molecule has 1 amide bonds. The lowest BCUT2D eigenvalue weighted by Crippen LogP contribution is -2.46. The maximum atomic E-state index is 13.1. The third kappa shape index (κ3) is 41.1. The number of hydrogen-bond donors (Lipinski definition) is 3. The van der Waals surface area contributed by atoms with Gasteiger partial charge in [-0.2, -0.15) is 0 Å². The second kappa shape index (κ2) is 46.4. The van der Waals surface area contributed by atoms with Crippen molar-refractivity contribution in [2.75, 3.05) is 6.61 Å². The van der Waals surface area contributed by atoms with Crippen molar-refractivity contribution in [3.05, 3.63) is 24.3 Å². The molecular weight excluding hydrogens is 719 g/mol. The molecule has 0 rings (SSSR count). The molecule has 0 fully saturated rings. The molecule has 0 bridgehead atoms. The minimum atomic E-state index is -0.782. The van der Waals surface area contributed by atoms with Crippen LogP contribution < -0.4 is 5.32 Å². The predicted octanol–water partition coefficient (Wildman–Crippen LogP) is 15.1. The number of hydrogen-bond acceptors (Lipinski definition) is 5. The van der Waals surface area contributed by atoms with E-state index in [1.54, 1.807) is 0 Å². The summed E-state index contributed by atoms with van der Waals surface area (Å²) >= 11 is 0. The number of aliphatic hydroxyl groups excluding tert-OH is 2. The molecule has 0 aliphatic rings.